The zero-order chi connectivity index (χ0) is 22.0. The summed E-state index contributed by atoms with van der Waals surface area (Å²) in [5, 5.41) is 3.69. The Bertz CT molecular complexity index is 1060. The number of amides is 3. The molecule has 0 radical (unpaired) electrons. The number of hydrogen-bond donors (Lipinski definition) is 2. The van der Waals surface area contributed by atoms with E-state index in [9.17, 15) is 23.2 Å². The molecule has 2 aromatic carbocycles. The summed E-state index contributed by atoms with van der Waals surface area (Å²) in [5.74, 6) is -2.09. The third kappa shape index (κ3) is 4.25. The number of para-hydroxylation sites is 2. The van der Waals surface area contributed by atoms with Crippen LogP contribution in [0.1, 0.15) is 23.2 Å². The highest BCUT2D eigenvalue weighted by molar-refractivity contribution is 6.07. The number of rotatable bonds is 5. The molecule has 1 aliphatic heterocycles. The Morgan fingerprint density at radius 3 is 2.58 bits per heavy atom. The number of fused-ring (bicyclic) bond motifs is 1. The Hall–Kier alpha value is -3.75. The number of benzene rings is 2. The minimum atomic E-state index is -3.03. The molecule has 0 bridgehead atoms. The number of carbonyl (C=O) groups is 3. The lowest BCUT2D eigenvalue weighted by atomic mass is 9.80. The molecule has 1 saturated heterocycles. The van der Waals surface area contributed by atoms with Crippen LogP contribution in [0.2, 0.25) is 0 Å². The van der Waals surface area contributed by atoms with Crippen molar-refractivity contribution >= 4 is 29.1 Å². The van der Waals surface area contributed by atoms with E-state index < -0.39 is 24.4 Å². The molecule has 1 fully saturated rings. The molecule has 2 aliphatic rings. The predicted molar refractivity (Wildman–Crippen MR) is 108 cm³/mol. The van der Waals surface area contributed by atoms with E-state index in [-0.39, 0.29) is 28.8 Å². The molecule has 2 aromatic rings. The number of nitrogens with one attached hydrogen (secondary N) is 2. The van der Waals surface area contributed by atoms with Gasteiger partial charge in [0, 0.05) is 5.56 Å². The van der Waals surface area contributed by atoms with Crippen molar-refractivity contribution in [3.05, 3.63) is 66.2 Å². The topological polar surface area (TPSA) is 87.7 Å². The second-order valence-corrected chi connectivity index (χ2v) is 7.18. The predicted octanol–water partition coefficient (Wildman–Crippen LogP) is 3.50. The number of ether oxygens (including phenoxy) is 1. The maximum absolute atomic E-state index is 12.9. The van der Waals surface area contributed by atoms with Gasteiger partial charge in [-0.3, -0.25) is 19.8 Å². The zero-order valence-corrected chi connectivity index (χ0v) is 16.3. The zero-order valence-electron chi connectivity index (χ0n) is 16.3. The molecule has 2 unspecified atom stereocenters. The van der Waals surface area contributed by atoms with Gasteiger partial charge in [0.15, 0.2) is 0 Å². The van der Waals surface area contributed by atoms with Crippen molar-refractivity contribution in [3.8, 4) is 5.75 Å². The molecule has 9 heteroatoms. The standard InChI is InChI=1S/C22H19F2N3O4/c23-22(24)31-18-11-4-3-10-17(18)25-19(28)13-6-5-7-14(12-13)27-21(30)16-9-2-1-8-15(16)20(29)26-27/h1-7,10-12,15-16,22H,8-9H2,(H,25,28)(H,26,29). The summed E-state index contributed by atoms with van der Waals surface area (Å²) < 4.78 is 29.6. The van der Waals surface area contributed by atoms with Crippen LogP contribution in [0.4, 0.5) is 20.2 Å². The van der Waals surface area contributed by atoms with Crippen LogP contribution in [-0.2, 0) is 9.59 Å². The number of hydrazine groups is 1. The second kappa shape index (κ2) is 8.55. The number of nitrogens with zero attached hydrogens (tertiary/aromatic N) is 1. The normalized spacial score (nSPS) is 20.3. The molecule has 3 amide bonds. The summed E-state index contributed by atoms with van der Waals surface area (Å²) in [6.07, 6.45) is 4.77. The van der Waals surface area contributed by atoms with Crippen LogP contribution in [0.5, 0.6) is 5.75 Å². The molecule has 2 atom stereocenters. The fraction of sp³-hybridized carbons (Fsp3) is 0.227. The Balaban J connectivity index is 1.55. The summed E-state index contributed by atoms with van der Waals surface area (Å²) >= 11 is 0. The highest BCUT2D eigenvalue weighted by Crippen LogP contribution is 2.33. The summed E-state index contributed by atoms with van der Waals surface area (Å²) in [6, 6.07) is 12.0. The van der Waals surface area contributed by atoms with Gasteiger partial charge in [0.05, 0.1) is 23.2 Å². The van der Waals surface area contributed by atoms with Crippen LogP contribution in [0.25, 0.3) is 0 Å². The Kier molecular flexibility index (Phi) is 5.66. The van der Waals surface area contributed by atoms with E-state index in [1.54, 1.807) is 18.2 Å². The number of hydrogen-bond acceptors (Lipinski definition) is 4. The number of halogens is 2. The SMILES string of the molecule is O=C(Nc1ccccc1OC(F)F)c1cccc(N2NC(=O)C3CC=CCC3C2=O)c1. The fourth-order valence-corrected chi connectivity index (χ4v) is 3.73. The summed E-state index contributed by atoms with van der Waals surface area (Å²) in [6.45, 7) is -3.03. The lowest BCUT2D eigenvalue weighted by Gasteiger charge is -2.38. The molecule has 4 rings (SSSR count). The van der Waals surface area contributed by atoms with Crippen LogP contribution < -0.4 is 20.5 Å². The lowest BCUT2D eigenvalue weighted by molar-refractivity contribution is -0.139. The molecule has 0 aromatic heterocycles. The molecule has 1 heterocycles. The lowest BCUT2D eigenvalue weighted by Crippen LogP contribution is -2.59. The first-order chi connectivity index (χ1) is 14.9. The third-order valence-electron chi connectivity index (χ3n) is 5.25. The maximum atomic E-state index is 12.9. The highest BCUT2D eigenvalue weighted by Gasteiger charge is 2.42. The van der Waals surface area contributed by atoms with Gasteiger partial charge < -0.3 is 10.1 Å². The van der Waals surface area contributed by atoms with Gasteiger partial charge >= 0.3 is 6.61 Å². The third-order valence-corrected chi connectivity index (χ3v) is 5.25. The van der Waals surface area contributed by atoms with E-state index in [4.69, 9.17) is 0 Å². The first-order valence-corrected chi connectivity index (χ1v) is 9.69. The molecule has 160 valence electrons. The summed E-state index contributed by atoms with van der Waals surface area (Å²) in [5.41, 5.74) is 3.19. The Morgan fingerprint density at radius 1 is 1.06 bits per heavy atom. The van der Waals surface area contributed by atoms with Crippen molar-refractivity contribution in [2.75, 3.05) is 10.3 Å². The second-order valence-electron chi connectivity index (χ2n) is 7.18. The number of allylic oxidation sites excluding steroid dienone is 2. The smallest absolute Gasteiger partial charge is 0.387 e. The first kappa shape index (κ1) is 20.5. The molecular weight excluding hydrogens is 408 g/mol. The molecule has 0 saturated carbocycles. The average molecular weight is 427 g/mol. The molecular formula is C22H19F2N3O4. The first-order valence-electron chi connectivity index (χ1n) is 9.69. The van der Waals surface area contributed by atoms with E-state index >= 15 is 0 Å². The molecule has 2 N–H and O–H groups in total. The monoisotopic (exact) mass is 427 g/mol. The quantitative estimate of drug-likeness (QED) is 0.715. The van der Waals surface area contributed by atoms with Gasteiger partial charge in [-0.05, 0) is 43.2 Å². The van der Waals surface area contributed by atoms with E-state index in [1.807, 2.05) is 12.2 Å². The van der Waals surface area contributed by atoms with Crippen LogP contribution in [0.15, 0.2) is 60.7 Å². The van der Waals surface area contributed by atoms with Gasteiger partial charge in [0.25, 0.3) is 5.91 Å². The van der Waals surface area contributed by atoms with Crippen molar-refractivity contribution in [2.24, 2.45) is 11.8 Å². The molecule has 31 heavy (non-hydrogen) atoms. The maximum Gasteiger partial charge on any atom is 0.387 e. The van der Waals surface area contributed by atoms with Gasteiger partial charge in [-0.15, -0.1) is 0 Å². The van der Waals surface area contributed by atoms with E-state index in [2.05, 4.69) is 15.5 Å². The Morgan fingerprint density at radius 2 is 1.81 bits per heavy atom. The van der Waals surface area contributed by atoms with E-state index in [1.165, 1.54) is 30.3 Å². The fourth-order valence-electron chi connectivity index (χ4n) is 3.73. The van der Waals surface area contributed by atoms with Crippen LogP contribution in [0, 0.1) is 11.8 Å². The van der Waals surface area contributed by atoms with Crippen LogP contribution >= 0.6 is 0 Å². The van der Waals surface area contributed by atoms with Crippen molar-refractivity contribution in [2.45, 2.75) is 19.5 Å². The van der Waals surface area contributed by atoms with E-state index in [0.29, 0.717) is 18.5 Å². The van der Waals surface area contributed by atoms with Crippen molar-refractivity contribution in [1.29, 1.82) is 0 Å². The minimum Gasteiger partial charge on any atom is -0.433 e. The Labute approximate surface area is 176 Å². The van der Waals surface area contributed by atoms with Crippen molar-refractivity contribution in [3.63, 3.8) is 0 Å². The molecule has 7 nitrogen and oxygen atoms in total. The number of alkyl halides is 2. The molecule has 1 aliphatic carbocycles. The van der Waals surface area contributed by atoms with Crippen LogP contribution in [0.3, 0.4) is 0 Å². The van der Waals surface area contributed by atoms with Gasteiger partial charge in [0.1, 0.15) is 5.75 Å². The van der Waals surface area contributed by atoms with Crippen LogP contribution in [-0.4, -0.2) is 24.3 Å². The van der Waals surface area contributed by atoms with Crippen molar-refractivity contribution in [1.82, 2.24) is 5.43 Å². The number of carbonyl (C=O) groups excluding carboxylic acids is 3. The highest BCUT2D eigenvalue weighted by atomic mass is 19.3. The van der Waals surface area contributed by atoms with Gasteiger partial charge in [-0.25, -0.2) is 5.01 Å². The van der Waals surface area contributed by atoms with Gasteiger partial charge in [-0.1, -0.05) is 30.4 Å². The largest absolute Gasteiger partial charge is 0.433 e. The van der Waals surface area contributed by atoms with Gasteiger partial charge in [-0.2, -0.15) is 8.78 Å². The van der Waals surface area contributed by atoms with E-state index in [0.717, 1.165) is 5.01 Å². The average Bonchev–Trinajstić information content (AvgIpc) is 2.77. The molecule has 0 spiro atoms. The minimum absolute atomic E-state index is 0.0809. The van der Waals surface area contributed by atoms with Crippen molar-refractivity contribution < 1.29 is 27.9 Å². The summed E-state index contributed by atoms with van der Waals surface area (Å²) in [4.78, 5) is 38.1. The summed E-state index contributed by atoms with van der Waals surface area (Å²) in [7, 11) is 0. The number of anilines is 2. The van der Waals surface area contributed by atoms with Gasteiger partial charge in [0.2, 0.25) is 11.8 Å².